The van der Waals surface area contributed by atoms with E-state index in [-0.39, 0.29) is 23.9 Å². The number of para-hydroxylation sites is 1. The third-order valence-electron chi connectivity index (χ3n) is 5.78. The molecule has 0 bridgehead atoms. The maximum atomic E-state index is 13.9. The average Bonchev–Trinajstić information content (AvgIpc) is 3.41. The third-order valence-corrected chi connectivity index (χ3v) is 8.51. The Morgan fingerprint density at radius 1 is 0.972 bits per heavy atom. The van der Waals surface area contributed by atoms with Gasteiger partial charge in [0.05, 0.1) is 18.6 Å². The van der Waals surface area contributed by atoms with Gasteiger partial charge in [-0.15, -0.1) is 11.3 Å². The van der Waals surface area contributed by atoms with Gasteiger partial charge in [-0.1, -0.05) is 54.6 Å². The Balaban J connectivity index is 1.64. The second-order valence-corrected chi connectivity index (χ2v) is 11.3. The predicted molar refractivity (Wildman–Crippen MR) is 142 cm³/mol. The zero-order valence-corrected chi connectivity index (χ0v) is 21.7. The fraction of sp³-hybridized carbons (Fsp3) is 0.259. The van der Waals surface area contributed by atoms with Crippen LogP contribution in [0.15, 0.2) is 89.3 Å². The van der Waals surface area contributed by atoms with Crippen LogP contribution in [0, 0.1) is 0 Å². The first kappa shape index (κ1) is 26.0. The number of fused-ring (bicyclic) bond motifs is 1. The highest BCUT2D eigenvalue weighted by atomic mass is 32.2. The van der Waals surface area contributed by atoms with E-state index in [1.54, 1.807) is 47.7 Å². The molecule has 0 spiro atoms. The van der Waals surface area contributed by atoms with Crippen molar-refractivity contribution in [3.8, 4) is 0 Å². The monoisotopic (exact) mass is 523 g/mol. The third kappa shape index (κ3) is 6.36. The van der Waals surface area contributed by atoms with Crippen molar-refractivity contribution in [2.24, 2.45) is 0 Å². The van der Waals surface area contributed by atoms with Gasteiger partial charge in [0, 0.05) is 43.3 Å². The van der Waals surface area contributed by atoms with Crippen molar-refractivity contribution < 1.29 is 17.9 Å². The lowest BCUT2D eigenvalue weighted by Crippen LogP contribution is -2.43. The number of nitrogens with zero attached hydrogens (tertiary/aromatic N) is 3. The summed E-state index contributed by atoms with van der Waals surface area (Å²) in [6.45, 7) is 1.07. The molecular weight excluding hydrogens is 494 g/mol. The Kier molecular flexibility index (Phi) is 8.82. The molecule has 1 amide bonds. The van der Waals surface area contributed by atoms with Gasteiger partial charge in [0.2, 0.25) is 15.9 Å². The van der Waals surface area contributed by atoms with Gasteiger partial charge in [-0.2, -0.15) is 4.31 Å². The van der Waals surface area contributed by atoms with Crippen molar-refractivity contribution in [2.75, 3.05) is 26.8 Å². The standard InChI is InChI=1S/C27H29N3O4S2/c1-34-17-8-16-30(36(32,33)25-14-5-11-23-12-6-15-28-27(23)25)21-26(31)29(20-24-13-7-18-35-24)19-22-9-3-2-4-10-22/h2-7,9-15,18H,8,16-17,19-21H2,1H3. The molecule has 4 rings (SSSR count). The van der Waals surface area contributed by atoms with Crippen LogP contribution in [0.2, 0.25) is 0 Å². The maximum Gasteiger partial charge on any atom is 0.245 e. The Bertz CT molecular complexity index is 1370. The second-order valence-electron chi connectivity index (χ2n) is 8.33. The van der Waals surface area contributed by atoms with Gasteiger partial charge < -0.3 is 9.64 Å². The van der Waals surface area contributed by atoms with E-state index in [2.05, 4.69) is 4.98 Å². The summed E-state index contributed by atoms with van der Waals surface area (Å²) in [6, 6.07) is 22.3. The van der Waals surface area contributed by atoms with E-state index in [1.807, 2.05) is 60.0 Å². The summed E-state index contributed by atoms with van der Waals surface area (Å²) in [6.07, 6.45) is 2.04. The molecule has 2 aromatic heterocycles. The summed E-state index contributed by atoms with van der Waals surface area (Å²) in [7, 11) is -2.43. The summed E-state index contributed by atoms with van der Waals surface area (Å²) >= 11 is 1.57. The number of benzene rings is 2. The minimum atomic E-state index is -4.00. The summed E-state index contributed by atoms with van der Waals surface area (Å²) < 4.78 is 34.1. The molecule has 0 saturated carbocycles. The first-order valence-electron chi connectivity index (χ1n) is 11.7. The number of aromatic nitrogens is 1. The highest BCUT2D eigenvalue weighted by molar-refractivity contribution is 7.89. The summed E-state index contributed by atoms with van der Waals surface area (Å²) in [5.41, 5.74) is 1.37. The van der Waals surface area contributed by atoms with Crippen molar-refractivity contribution in [2.45, 2.75) is 24.4 Å². The molecule has 36 heavy (non-hydrogen) atoms. The number of ether oxygens (including phenoxy) is 1. The number of sulfonamides is 1. The van der Waals surface area contributed by atoms with Gasteiger partial charge in [0.25, 0.3) is 0 Å². The number of hydrogen-bond acceptors (Lipinski definition) is 6. The van der Waals surface area contributed by atoms with Crippen LogP contribution in [0.1, 0.15) is 16.9 Å². The fourth-order valence-electron chi connectivity index (χ4n) is 3.97. The lowest BCUT2D eigenvalue weighted by molar-refractivity contribution is -0.132. The minimum Gasteiger partial charge on any atom is -0.385 e. The molecule has 2 aromatic carbocycles. The molecule has 7 nitrogen and oxygen atoms in total. The van der Waals surface area contributed by atoms with Crippen LogP contribution in [-0.4, -0.2) is 55.3 Å². The molecule has 188 valence electrons. The molecule has 0 saturated heterocycles. The number of amides is 1. The summed E-state index contributed by atoms with van der Waals surface area (Å²) in [5.74, 6) is -0.263. The van der Waals surface area contributed by atoms with Gasteiger partial charge in [-0.25, -0.2) is 8.42 Å². The Hall–Kier alpha value is -3.11. The molecule has 0 atom stereocenters. The number of hydrogen-bond donors (Lipinski definition) is 0. The van der Waals surface area contributed by atoms with Crippen molar-refractivity contribution in [3.05, 3.63) is 94.8 Å². The Morgan fingerprint density at radius 3 is 2.53 bits per heavy atom. The highest BCUT2D eigenvalue weighted by Gasteiger charge is 2.30. The number of carbonyl (C=O) groups excluding carboxylic acids is 1. The molecule has 0 aliphatic rings. The molecule has 0 radical (unpaired) electrons. The van der Waals surface area contributed by atoms with Gasteiger partial charge in [-0.05, 0) is 35.6 Å². The van der Waals surface area contributed by atoms with E-state index in [0.717, 1.165) is 15.8 Å². The van der Waals surface area contributed by atoms with E-state index in [0.29, 0.717) is 31.6 Å². The van der Waals surface area contributed by atoms with Crippen LogP contribution in [0.25, 0.3) is 10.9 Å². The number of carbonyl (C=O) groups is 1. The predicted octanol–water partition coefficient (Wildman–Crippen LogP) is 4.55. The van der Waals surface area contributed by atoms with Crippen molar-refractivity contribution in [3.63, 3.8) is 0 Å². The van der Waals surface area contributed by atoms with E-state index in [4.69, 9.17) is 4.74 Å². The minimum absolute atomic E-state index is 0.0960. The molecule has 9 heteroatoms. The second kappa shape index (κ2) is 12.2. The van der Waals surface area contributed by atoms with Gasteiger partial charge in [0.15, 0.2) is 0 Å². The average molecular weight is 524 g/mol. The van der Waals surface area contributed by atoms with E-state index in [9.17, 15) is 13.2 Å². The van der Waals surface area contributed by atoms with E-state index in [1.165, 1.54) is 4.31 Å². The highest BCUT2D eigenvalue weighted by Crippen LogP contribution is 2.25. The first-order chi connectivity index (χ1) is 17.5. The lowest BCUT2D eigenvalue weighted by atomic mass is 10.2. The molecule has 0 aliphatic heterocycles. The van der Waals surface area contributed by atoms with Crippen LogP contribution in [0.3, 0.4) is 0 Å². The molecular formula is C27H29N3O4S2. The normalized spacial score (nSPS) is 11.7. The van der Waals surface area contributed by atoms with Crippen LogP contribution in [-0.2, 0) is 32.6 Å². The first-order valence-corrected chi connectivity index (χ1v) is 14.0. The maximum absolute atomic E-state index is 13.9. The van der Waals surface area contributed by atoms with Crippen molar-refractivity contribution in [1.82, 2.24) is 14.2 Å². The Labute approximate surface area is 216 Å². The fourth-order valence-corrected chi connectivity index (χ4v) is 6.28. The van der Waals surface area contributed by atoms with Crippen LogP contribution >= 0.6 is 11.3 Å². The SMILES string of the molecule is COCCCN(CC(=O)N(Cc1ccccc1)Cc1cccs1)S(=O)(=O)c1cccc2cccnc12. The number of thiophene rings is 1. The molecule has 0 N–H and O–H groups in total. The molecule has 2 heterocycles. The summed E-state index contributed by atoms with van der Waals surface area (Å²) in [5, 5.41) is 2.69. The topological polar surface area (TPSA) is 79.8 Å². The molecule has 0 unspecified atom stereocenters. The quantitative estimate of drug-likeness (QED) is 0.255. The van der Waals surface area contributed by atoms with Crippen molar-refractivity contribution >= 4 is 38.2 Å². The van der Waals surface area contributed by atoms with Crippen LogP contribution < -0.4 is 0 Å². The van der Waals surface area contributed by atoms with E-state index >= 15 is 0 Å². The lowest BCUT2D eigenvalue weighted by Gasteiger charge is -2.27. The largest absolute Gasteiger partial charge is 0.385 e. The number of pyridine rings is 1. The molecule has 0 fully saturated rings. The van der Waals surface area contributed by atoms with Crippen LogP contribution in [0.4, 0.5) is 0 Å². The zero-order valence-electron chi connectivity index (χ0n) is 20.1. The van der Waals surface area contributed by atoms with Gasteiger partial charge in [-0.3, -0.25) is 9.78 Å². The summed E-state index contributed by atoms with van der Waals surface area (Å²) in [4.78, 5) is 20.8. The van der Waals surface area contributed by atoms with Crippen LogP contribution in [0.5, 0.6) is 0 Å². The van der Waals surface area contributed by atoms with Crippen molar-refractivity contribution in [1.29, 1.82) is 0 Å². The van der Waals surface area contributed by atoms with E-state index < -0.39 is 10.0 Å². The number of rotatable bonds is 12. The molecule has 4 aromatic rings. The van der Waals surface area contributed by atoms with Gasteiger partial charge in [0.1, 0.15) is 4.90 Å². The Morgan fingerprint density at radius 2 is 1.78 bits per heavy atom. The number of methoxy groups -OCH3 is 1. The zero-order chi connectivity index (χ0) is 25.4. The smallest absolute Gasteiger partial charge is 0.245 e. The molecule has 0 aliphatic carbocycles. The van der Waals surface area contributed by atoms with Gasteiger partial charge >= 0.3 is 0 Å².